The van der Waals surface area contributed by atoms with Gasteiger partial charge in [-0.05, 0) is 34.7 Å². The lowest BCUT2D eigenvalue weighted by molar-refractivity contribution is 0.430. The Kier molecular flexibility index (Phi) is 1.71. The SMILES string of the molecule is Oc1cc2ccoc2c(I)c1F. The van der Waals surface area contributed by atoms with Gasteiger partial charge in [-0.2, -0.15) is 0 Å². The summed E-state index contributed by atoms with van der Waals surface area (Å²) >= 11 is 1.80. The van der Waals surface area contributed by atoms with Crippen molar-refractivity contribution >= 4 is 33.6 Å². The Hall–Kier alpha value is -0.780. The summed E-state index contributed by atoms with van der Waals surface area (Å²) in [6.07, 6.45) is 1.46. The van der Waals surface area contributed by atoms with Gasteiger partial charge in [-0.1, -0.05) is 0 Å². The van der Waals surface area contributed by atoms with Crippen LogP contribution in [0.25, 0.3) is 11.0 Å². The molecule has 2 rings (SSSR count). The minimum atomic E-state index is -0.627. The molecule has 0 aliphatic heterocycles. The van der Waals surface area contributed by atoms with E-state index in [-0.39, 0.29) is 5.75 Å². The highest BCUT2D eigenvalue weighted by Crippen LogP contribution is 2.30. The third-order valence-electron chi connectivity index (χ3n) is 1.60. The predicted molar refractivity (Wildman–Crippen MR) is 50.6 cm³/mol. The van der Waals surface area contributed by atoms with E-state index in [1.807, 2.05) is 0 Å². The van der Waals surface area contributed by atoms with Crippen LogP contribution in [0.1, 0.15) is 0 Å². The van der Waals surface area contributed by atoms with Crippen LogP contribution < -0.4 is 0 Å². The number of halogens is 2. The van der Waals surface area contributed by atoms with Gasteiger partial charge in [0, 0.05) is 5.39 Å². The van der Waals surface area contributed by atoms with Crippen LogP contribution in [-0.2, 0) is 0 Å². The molecule has 2 nitrogen and oxygen atoms in total. The maximum Gasteiger partial charge on any atom is 0.181 e. The lowest BCUT2D eigenvalue weighted by Gasteiger charge is -1.97. The molecule has 0 aliphatic rings. The van der Waals surface area contributed by atoms with Crippen molar-refractivity contribution in [1.29, 1.82) is 0 Å². The Morgan fingerprint density at radius 1 is 1.50 bits per heavy atom. The minimum absolute atomic E-state index is 0.313. The second-order valence-corrected chi connectivity index (χ2v) is 3.44. The summed E-state index contributed by atoms with van der Waals surface area (Å²) in [5.41, 5.74) is 0.478. The molecule has 0 unspecified atom stereocenters. The van der Waals surface area contributed by atoms with E-state index in [2.05, 4.69) is 0 Å². The first kappa shape index (κ1) is 7.85. The number of phenolic OH excluding ortho intramolecular Hbond substituents is 1. The maximum atomic E-state index is 13.0. The van der Waals surface area contributed by atoms with Crippen LogP contribution in [0, 0.1) is 9.39 Å². The lowest BCUT2D eigenvalue weighted by Crippen LogP contribution is -1.82. The molecule has 1 N–H and O–H groups in total. The summed E-state index contributed by atoms with van der Waals surface area (Å²) < 4.78 is 18.4. The molecule has 0 bridgehead atoms. The second-order valence-electron chi connectivity index (χ2n) is 2.36. The molecule has 62 valence electrons. The molecule has 0 atom stereocenters. The van der Waals surface area contributed by atoms with E-state index in [1.54, 1.807) is 28.7 Å². The molecule has 2 aromatic rings. The molecule has 4 heteroatoms. The van der Waals surface area contributed by atoms with Crippen LogP contribution >= 0.6 is 22.6 Å². The Bertz CT molecular complexity index is 436. The van der Waals surface area contributed by atoms with E-state index in [1.165, 1.54) is 12.3 Å². The van der Waals surface area contributed by atoms with Gasteiger partial charge in [0.25, 0.3) is 0 Å². The van der Waals surface area contributed by atoms with Crippen LogP contribution in [0.5, 0.6) is 5.75 Å². The third-order valence-corrected chi connectivity index (χ3v) is 2.57. The van der Waals surface area contributed by atoms with Crippen molar-refractivity contribution in [1.82, 2.24) is 0 Å². The first-order valence-electron chi connectivity index (χ1n) is 3.24. The highest BCUT2D eigenvalue weighted by Gasteiger charge is 2.12. The van der Waals surface area contributed by atoms with Crippen molar-refractivity contribution in [2.45, 2.75) is 0 Å². The number of hydrogen-bond acceptors (Lipinski definition) is 2. The molecule has 1 aromatic heterocycles. The molecule has 0 aliphatic carbocycles. The standard InChI is InChI=1S/C8H4FIO2/c9-6-5(11)3-4-1-2-12-8(4)7(6)10/h1-3,11H. The molecule has 0 spiro atoms. The third kappa shape index (κ3) is 0.979. The quantitative estimate of drug-likeness (QED) is 0.752. The van der Waals surface area contributed by atoms with Gasteiger partial charge in [0.15, 0.2) is 11.6 Å². The summed E-state index contributed by atoms with van der Waals surface area (Å²) in [6.45, 7) is 0. The largest absolute Gasteiger partial charge is 0.505 e. The normalized spacial score (nSPS) is 10.8. The van der Waals surface area contributed by atoms with Gasteiger partial charge in [0.05, 0.1) is 9.83 Å². The highest BCUT2D eigenvalue weighted by molar-refractivity contribution is 14.1. The summed E-state index contributed by atoms with van der Waals surface area (Å²) in [4.78, 5) is 0. The summed E-state index contributed by atoms with van der Waals surface area (Å²) in [5.74, 6) is -0.966. The number of rotatable bonds is 0. The zero-order valence-corrected chi connectivity index (χ0v) is 8.00. The number of phenols is 1. The zero-order chi connectivity index (χ0) is 8.72. The van der Waals surface area contributed by atoms with Crippen LogP contribution in [0.2, 0.25) is 0 Å². The van der Waals surface area contributed by atoms with Gasteiger partial charge in [0.1, 0.15) is 5.58 Å². The molecular weight excluding hydrogens is 274 g/mol. The Labute approximate surface area is 81.1 Å². The van der Waals surface area contributed by atoms with E-state index in [9.17, 15) is 4.39 Å². The van der Waals surface area contributed by atoms with Crippen LogP contribution in [0.4, 0.5) is 4.39 Å². The Balaban J connectivity index is 2.94. The topological polar surface area (TPSA) is 33.4 Å². The first-order chi connectivity index (χ1) is 5.70. The molecule has 12 heavy (non-hydrogen) atoms. The van der Waals surface area contributed by atoms with Crippen LogP contribution in [0.3, 0.4) is 0 Å². The predicted octanol–water partition coefficient (Wildman–Crippen LogP) is 2.88. The Morgan fingerprint density at radius 2 is 2.25 bits per heavy atom. The van der Waals surface area contributed by atoms with Gasteiger partial charge in [-0.25, -0.2) is 4.39 Å². The van der Waals surface area contributed by atoms with Crippen molar-refractivity contribution in [3.63, 3.8) is 0 Å². The van der Waals surface area contributed by atoms with Crippen LogP contribution in [-0.4, -0.2) is 5.11 Å². The molecular formula is C8H4FIO2. The molecule has 0 radical (unpaired) electrons. The highest BCUT2D eigenvalue weighted by atomic mass is 127. The number of benzene rings is 1. The minimum Gasteiger partial charge on any atom is -0.505 e. The molecule has 1 heterocycles. The fourth-order valence-corrected chi connectivity index (χ4v) is 1.75. The van der Waals surface area contributed by atoms with Gasteiger partial charge in [0.2, 0.25) is 0 Å². The number of aromatic hydroxyl groups is 1. The molecule has 0 saturated carbocycles. The maximum absolute atomic E-state index is 13.0. The van der Waals surface area contributed by atoms with Crippen molar-refractivity contribution < 1.29 is 13.9 Å². The van der Waals surface area contributed by atoms with E-state index in [0.29, 0.717) is 14.5 Å². The zero-order valence-electron chi connectivity index (χ0n) is 5.84. The molecule has 0 fully saturated rings. The van der Waals surface area contributed by atoms with Gasteiger partial charge in [-0.15, -0.1) is 0 Å². The monoisotopic (exact) mass is 278 g/mol. The molecule has 1 aromatic carbocycles. The van der Waals surface area contributed by atoms with E-state index in [0.717, 1.165) is 0 Å². The fourth-order valence-electron chi connectivity index (χ4n) is 1.03. The molecule has 0 saturated heterocycles. The van der Waals surface area contributed by atoms with Crippen LogP contribution in [0.15, 0.2) is 22.8 Å². The van der Waals surface area contributed by atoms with E-state index >= 15 is 0 Å². The number of furan rings is 1. The average molecular weight is 278 g/mol. The Morgan fingerprint density at radius 3 is 3.00 bits per heavy atom. The average Bonchev–Trinajstić information content (AvgIpc) is 2.48. The summed E-state index contributed by atoms with van der Waals surface area (Å²) in [6, 6.07) is 3.02. The summed E-state index contributed by atoms with van der Waals surface area (Å²) in [7, 11) is 0. The van der Waals surface area contributed by atoms with Crippen molar-refractivity contribution in [2.24, 2.45) is 0 Å². The van der Waals surface area contributed by atoms with Gasteiger partial charge >= 0.3 is 0 Å². The first-order valence-corrected chi connectivity index (χ1v) is 4.32. The van der Waals surface area contributed by atoms with Crippen molar-refractivity contribution in [3.8, 4) is 5.75 Å². The van der Waals surface area contributed by atoms with E-state index in [4.69, 9.17) is 9.52 Å². The number of hydrogen-bond donors (Lipinski definition) is 1. The lowest BCUT2D eigenvalue weighted by atomic mass is 10.2. The smallest absolute Gasteiger partial charge is 0.181 e. The van der Waals surface area contributed by atoms with Crippen molar-refractivity contribution in [3.05, 3.63) is 27.8 Å². The fraction of sp³-hybridized carbons (Fsp3) is 0. The second kappa shape index (κ2) is 2.62. The van der Waals surface area contributed by atoms with E-state index < -0.39 is 5.82 Å². The van der Waals surface area contributed by atoms with Gasteiger partial charge in [-0.3, -0.25) is 0 Å². The van der Waals surface area contributed by atoms with Gasteiger partial charge < -0.3 is 9.52 Å². The van der Waals surface area contributed by atoms with Crippen molar-refractivity contribution in [2.75, 3.05) is 0 Å². The number of fused-ring (bicyclic) bond motifs is 1. The summed E-state index contributed by atoms with van der Waals surface area (Å²) in [5, 5.41) is 9.80. The molecule has 0 amide bonds.